The Kier molecular flexibility index (Phi) is 3.54. The van der Waals surface area contributed by atoms with Gasteiger partial charge in [-0.05, 0) is 6.07 Å². The van der Waals surface area contributed by atoms with Gasteiger partial charge in [0.15, 0.2) is 0 Å². The average Bonchev–Trinajstić information content (AvgIpc) is 2.64. The van der Waals surface area contributed by atoms with Crippen LogP contribution in [0.3, 0.4) is 0 Å². The van der Waals surface area contributed by atoms with Crippen LogP contribution < -0.4 is 5.32 Å². The highest BCUT2D eigenvalue weighted by atomic mass is 35.5. The lowest BCUT2D eigenvalue weighted by Gasteiger charge is -2.21. The van der Waals surface area contributed by atoms with Crippen LogP contribution in [0.2, 0.25) is 10.0 Å². The normalized spacial score (nSPS) is 24.7. The Morgan fingerprint density at radius 1 is 1.56 bits per heavy atom. The van der Waals surface area contributed by atoms with Crippen LogP contribution in [0.5, 0.6) is 0 Å². The van der Waals surface area contributed by atoms with Crippen molar-refractivity contribution in [3.63, 3.8) is 0 Å². The van der Waals surface area contributed by atoms with Gasteiger partial charge in [-0.25, -0.2) is 4.98 Å². The molecule has 4 nitrogen and oxygen atoms in total. The number of rotatable bonds is 3. The Labute approximate surface area is 104 Å². The Bertz CT molecular complexity index is 381. The molecule has 1 aliphatic rings. The van der Waals surface area contributed by atoms with Crippen LogP contribution >= 0.6 is 23.2 Å². The predicted molar refractivity (Wildman–Crippen MR) is 63.1 cm³/mol. The number of nitrogens with one attached hydrogen (secondary N) is 1. The van der Waals surface area contributed by atoms with Crippen LogP contribution in [-0.2, 0) is 4.74 Å². The highest BCUT2D eigenvalue weighted by Gasteiger charge is 2.32. The molecule has 2 rings (SSSR count). The first-order valence-electron chi connectivity index (χ1n) is 4.94. The summed E-state index contributed by atoms with van der Waals surface area (Å²) in [7, 11) is 0. The van der Waals surface area contributed by atoms with Gasteiger partial charge in [-0.15, -0.1) is 0 Å². The highest BCUT2D eigenvalue weighted by Crippen LogP contribution is 2.24. The number of anilines is 1. The summed E-state index contributed by atoms with van der Waals surface area (Å²) in [6.07, 6.45) is 2.12. The van der Waals surface area contributed by atoms with Crippen molar-refractivity contribution >= 4 is 29.0 Å². The van der Waals surface area contributed by atoms with Gasteiger partial charge < -0.3 is 15.2 Å². The Balaban J connectivity index is 1.99. The third-order valence-corrected chi connectivity index (χ3v) is 2.97. The number of hydrogen-bond acceptors (Lipinski definition) is 4. The number of nitrogens with zero attached hydrogens (tertiary/aromatic N) is 1. The Morgan fingerprint density at radius 2 is 2.38 bits per heavy atom. The molecule has 88 valence electrons. The fraction of sp³-hybridized carbons (Fsp3) is 0.500. The Morgan fingerprint density at radius 3 is 3.00 bits per heavy atom. The van der Waals surface area contributed by atoms with Crippen LogP contribution in [0.1, 0.15) is 6.42 Å². The van der Waals surface area contributed by atoms with Gasteiger partial charge in [-0.1, -0.05) is 23.2 Å². The van der Waals surface area contributed by atoms with E-state index in [1.54, 1.807) is 6.07 Å². The first kappa shape index (κ1) is 11.9. The van der Waals surface area contributed by atoms with Gasteiger partial charge in [0, 0.05) is 25.8 Å². The van der Waals surface area contributed by atoms with E-state index in [1.165, 1.54) is 6.20 Å². The minimum atomic E-state index is -0.829. The minimum Gasteiger partial charge on any atom is -0.386 e. The van der Waals surface area contributed by atoms with Crippen molar-refractivity contribution in [2.75, 3.05) is 25.1 Å². The maximum atomic E-state index is 10.0. The minimum absolute atomic E-state index is 0.339. The summed E-state index contributed by atoms with van der Waals surface area (Å²) in [6, 6.07) is 1.60. The van der Waals surface area contributed by atoms with Crippen molar-refractivity contribution in [3.8, 4) is 0 Å². The smallest absolute Gasteiger partial charge is 0.144 e. The van der Waals surface area contributed by atoms with Crippen molar-refractivity contribution in [3.05, 3.63) is 22.3 Å². The first-order valence-corrected chi connectivity index (χ1v) is 5.70. The molecule has 1 aromatic rings. The van der Waals surface area contributed by atoms with Crippen LogP contribution in [0.25, 0.3) is 0 Å². The molecule has 6 heteroatoms. The van der Waals surface area contributed by atoms with Gasteiger partial charge in [0.25, 0.3) is 0 Å². The van der Waals surface area contributed by atoms with Gasteiger partial charge >= 0.3 is 0 Å². The molecule has 0 aliphatic carbocycles. The highest BCUT2D eigenvalue weighted by molar-refractivity contribution is 6.35. The van der Waals surface area contributed by atoms with Crippen molar-refractivity contribution < 1.29 is 9.84 Å². The van der Waals surface area contributed by atoms with Crippen LogP contribution in [0.4, 0.5) is 5.82 Å². The fourth-order valence-electron chi connectivity index (χ4n) is 1.53. The molecule has 0 bridgehead atoms. The fourth-order valence-corrected chi connectivity index (χ4v) is 1.98. The van der Waals surface area contributed by atoms with E-state index < -0.39 is 5.60 Å². The zero-order valence-corrected chi connectivity index (χ0v) is 10.1. The number of hydrogen-bond donors (Lipinski definition) is 2. The maximum Gasteiger partial charge on any atom is 0.144 e. The lowest BCUT2D eigenvalue weighted by molar-refractivity contribution is 0.0381. The van der Waals surface area contributed by atoms with E-state index in [0.717, 1.165) is 0 Å². The molecule has 1 atom stereocenters. The van der Waals surface area contributed by atoms with Gasteiger partial charge in [0.05, 0.1) is 16.7 Å². The van der Waals surface area contributed by atoms with Crippen LogP contribution in [0, 0.1) is 0 Å². The van der Waals surface area contributed by atoms with E-state index >= 15 is 0 Å². The molecule has 2 N–H and O–H groups in total. The van der Waals surface area contributed by atoms with E-state index in [0.29, 0.717) is 42.0 Å². The summed E-state index contributed by atoms with van der Waals surface area (Å²) in [5.74, 6) is 0.520. The third kappa shape index (κ3) is 2.77. The number of aliphatic hydroxyl groups is 1. The Hall–Kier alpha value is -0.550. The monoisotopic (exact) mass is 262 g/mol. The zero-order valence-electron chi connectivity index (χ0n) is 8.54. The standard InChI is InChI=1S/C10H12Cl2N2O2/c11-7-3-8(12)9(13-4-7)14-5-10(15)1-2-16-6-10/h3-4,15H,1-2,5-6H2,(H,13,14). The molecular weight excluding hydrogens is 251 g/mol. The van der Waals surface area contributed by atoms with Gasteiger partial charge in [-0.3, -0.25) is 0 Å². The molecule has 1 saturated heterocycles. The summed E-state index contributed by atoms with van der Waals surface area (Å²) in [4.78, 5) is 4.04. The van der Waals surface area contributed by atoms with Crippen molar-refractivity contribution in [1.29, 1.82) is 0 Å². The molecule has 0 amide bonds. The SMILES string of the molecule is OC1(CNc2ncc(Cl)cc2Cl)CCOC1. The van der Waals surface area contributed by atoms with Gasteiger partial charge in [0.1, 0.15) is 11.4 Å². The quantitative estimate of drug-likeness (QED) is 0.875. The second-order valence-electron chi connectivity index (χ2n) is 3.86. The molecule has 1 aliphatic heterocycles. The second kappa shape index (κ2) is 4.75. The van der Waals surface area contributed by atoms with Crippen molar-refractivity contribution in [1.82, 2.24) is 4.98 Å². The molecule has 1 aromatic heterocycles. The molecule has 1 unspecified atom stereocenters. The molecule has 16 heavy (non-hydrogen) atoms. The van der Waals surface area contributed by atoms with Crippen molar-refractivity contribution in [2.45, 2.75) is 12.0 Å². The zero-order chi connectivity index (χ0) is 11.6. The first-order chi connectivity index (χ1) is 7.59. The predicted octanol–water partition coefficient (Wildman–Crippen LogP) is 1.95. The molecular formula is C10H12Cl2N2O2. The average molecular weight is 263 g/mol. The maximum absolute atomic E-state index is 10.0. The van der Waals surface area contributed by atoms with E-state index in [4.69, 9.17) is 27.9 Å². The largest absolute Gasteiger partial charge is 0.386 e. The number of pyridine rings is 1. The molecule has 0 saturated carbocycles. The molecule has 0 radical (unpaired) electrons. The van der Waals surface area contributed by atoms with Crippen LogP contribution in [-0.4, -0.2) is 35.5 Å². The van der Waals surface area contributed by atoms with E-state index in [2.05, 4.69) is 10.3 Å². The molecule has 0 aromatic carbocycles. The molecule has 1 fully saturated rings. The van der Waals surface area contributed by atoms with Crippen LogP contribution in [0.15, 0.2) is 12.3 Å². The topological polar surface area (TPSA) is 54.4 Å². The van der Waals surface area contributed by atoms with Gasteiger partial charge in [-0.2, -0.15) is 0 Å². The van der Waals surface area contributed by atoms with E-state index in [9.17, 15) is 5.11 Å². The third-order valence-electron chi connectivity index (χ3n) is 2.48. The summed E-state index contributed by atoms with van der Waals surface area (Å²) >= 11 is 11.7. The van der Waals surface area contributed by atoms with Gasteiger partial charge in [0.2, 0.25) is 0 Å². The second-order valence-corrected chi connectivity index (χ2v) is 4.71. The molecule has 2 heterocycles. The number of aromatic nitrogens is 1. The lowest BCUT2D eigenvalue weighted by atomic mass is 10.0. The number of ether oxygens (including phenoxy) is 1. The summed E-state index contributed by atoms with van der Waals surface area (Å²) in [6.45, 7) is 1.28. The summed E-state index contributed by atoms with van der Waals surface area (Å²) in [5, 5.41) is 13.9. The van der Waals surface area contributed by atoms with Crippen molar-refractivity contribution in [2.24, 2.45) is 0 Å². The number of halogens is 2. The summed E-state index contributed by atoms with van der Waals surface area (Å²) in [5.41, 5.74) is -0.829. The van der Waals surface area contributed by atoms with E-state index in [1.807, 2.05) is 0 Å². The van der Waals surface area contributed by atoms with E-state index in [-0.39, 0.29) is 0 Å². The molecule has 0 spiro atoms. The summed E-state index contributed by atoms with van der Waals surface area (Å²) < 4.78 is 5.13. The lowest BCUT2D eigenvalue weighted by Crippen LogP contribution is -2.37.